The Kier molecular flexibility index (Phi) is 9.10. The molecule has 0 spiro atoms. The number of nitrogens with one attached hydrogen (secondary N) is 1. The van der Waals surface area contributed by atoms with Gasteiger partial charge in [-0.15, -0.1) is 0 Å². The molecule has 1 aliphatic heterocycles. The van der Waals surface area contributed by atoms with Crippen molar-refractivity contribution in [2.75, 3.05) is 13.2 Å². The van der Waals surface area contributed by atoms with Gasteiger partial charge in [0.2, 0.25) is 12.2 Å². The number of hydrogen-bond acceptors (Lipinski definition) is 8. The van der Waals surface area contributed by atoms with E-state index in [1.807, 2.05) is 0 Å². The van der Waals surface area contributed by atoms with Crippen molar-refractivity contribution >= 4 is 23.8 Å². The Hall–Kier alpha value is -4.61. The maximum absolute atomic E-state index is 15.1. The molecule has 5 atom stereocenters. The largest absolute Gasteiger partial charge is 0.478 e. The third-order valence-corrected chi connectivity index (χ3v) is 6.93. The lowest BCUT2D eigenvalue weighted by molar-refractivity contribution is -0.160. The van der Waals surface area contributed by atoms with Crippen molar-refractivity contribution in [1.29, 1.82) is 0 Å². The van der Waals surface area contributed by atoms with E-state index in [1.165, 1.54) is 66.7 Å². The first kappa shape index (κ1) is 29.4. The van der Waals surface area contributed by atoms with Crippen LogP contribution >= 0.6 is 0 Å². The Bertz CT molecular complexity index is 1400. The van der Waals surface area contributed by atoms with Gasteiger partial charge in [-0.1, -0.05) is 54.6 Å². The molecule has 10 nitrogen and oxygen atoms in total. The number of halogens is 1. The Balaban J connectivity index is 1.74. The van der Waals surface area contributed by atoms with Crippen molar-refractivity contribution in [3.05, 3.63) is 107 Å². The molecule has 41 heavy (non-hydrogen) atoms. The number of benzene rings is 3. The molecule has 3 aromatic rings. The van der Waals surface area contributed by atoms with Crippen LogP contribution in [0.2, 0.25) is 0 Å². The first-order valence-electron chi connectivity index (χ1n) is 12.7. The summed E-state index contributed by atoms with van der Waals surface area (Å²) in [5.41, 5.74) is -1.72. The van der Waals surface area contributed by atoms with E-state index in [0.29, 0.717) is 0 Å². The molecule has 0 bridgehead atoms. The lowest BCUT2D eigenvalue weighted by atomic mass is 9.78. The van der Waals surface area contributed by atoms with Crippen LogP contribution in [0.25, 0.3) is 0 Å². The van der Waals surface area contributed by atoms with Gasteiger partial charge >= 0.3 is 17.9 Å². The molecule has 1 amide bonds. The summed E-state index contributed by atoms with van der Waals surface area (Å²) in [4.78, 5) is 52.0. The molecule has 1 heterocycles. The van der Waals surface area contributed by atoms with Crippen molar-refractivity contribution in [2.45, 2.75) is 30.8 Å². The smallest absolute Gasteiger partial charge is 0.349 e. The maximum atomic E-state index is 15.1. The Morgan fingerprint density at radius 1 is 0.902 bits per heavy atom. The van der Waals surface area contributed by atoms with Gasteiger partial charge in [0.1, 0.15) is 5.82 Å². The Labute approximate surface area is 234 Å². The highest BCUT2D eigenvalue weighted by Gasteiger charge is 2.53. The van der Waals surface area contributed by atoms with Crippen LogP contribution in [0.15, 0.2) is 84.9 Å². The molecule has 1 saturated heterocycles. The van der Waals surface area contributed by atoms with Crippen molar-refractivity contribution in [2.24, 2.45) is 5.92 Å². The zero-order chi connectivity index (χ0) is 29.6. The van der Waals surface area contributed by atoms with Gasteiger partial charge in [-0.25, -0.2) is 18.8 Å². The number of esters is 2. The number of ether oxygens (including phenoxy) is 3. The molecule has 0 aromatic heterocycles. The van der Waals surface area contributed by atoms with E-state index in [1.54, 1.807) is 19.1 Å². The number of rotatable bonds is 10. The predicted molar refractivity (Wildman–Crippen MR) is 141 cm³/mol. The number of aliphatic hydroxyl groups is 1. The van der Waals surface area contributed by atoms with Gasteiger partial charge < -0.3 is 29.7 Å². The van der Waals surface area contributed by atoms with Gasteiger partial charge in [-0.3, -0.25) is 4.79 Å². The summed E-state index contributed by atoms with van der Waals surface area (Å²) in [6.07, 6.45) is -5.15. The van der Waals surface area contributed by atoms with Crippen LogP contribution < -0.4 is 5.32 Å². The second-order valence-corrected chi connectivity index (χ2v) is 9.47. The van der Waals surface area contributed by atoms with Crippen molar-refractivity contribution in [3.8, 4) is 0 Å². The van der Waals surface area contributed by atoms with Gasteiger partial charge in [0.15, 0.2) is 0 Å². The topological polar surface area (TPSA) is 148 Å². The third kappa shape index (κ3) is 6.26. The third-order valence-electron chi connectivity index (χ3n) is 6.93. The number of amides is 1. The molecule has 0 unspecified atom stereocenters. The quantitative estimate of drug-likeness (QED) is 0.316. The predicted octanol–water partition coefficient (Wildman–Crippen LogP) is 2.70. The average Bonchev–Trinajstić information content (AvgIpc) is 3.30. The summed E-state index contributed by atoms with van der Waals surface area (Å²) >= 11 is 0. The maximum Gasteiger partial charge on any atom is 0.349 e. The Morgan fingerprint density at radius 2 is 1.41 bits per heavy atom. The summed E-state index contributed by atoms with van der Waals surface area (Å²) in [7, 11) is 0. The van der Waals surface area contributed by atoms with Gasteiger partial charge in [-0.05, 0) is 37.3 Å². The van der Waals surface area contributed by atoms with Crippen LogP contribution in [0, 0.1) is 11.7 Å². The van der Waals surface area contributed by atoms with E-state index < -0.39 is 66.0 Å². The first-order valence-corrected chi connectivity index (χ1v) is 12.7. The Morgan fingerprint density at radius 3 is 1.93 bits per heavy atom. The van der Waals surface area contributed by atoms with Gasteiger partial charge in [0, 0.05) is 11.5 Å². The fourth-order valence-electron chi connectivity index (χ4n) is 4.79. The minimum absolute atomic E-state index is 0.00121. The number of aliphatic hydroxyl groups excluding tert-OH is 1. The number of hydrogen-bond donors (Lipinski definition) is 3. The van der Waals surface area contributed by atoms with E-state index in [4.69, 9.17) is 14.2 Å². The molecule has 3 N–H and O–H groups in total. The summed E-state index contributed by atoms with van der Waals surface area (Å²) in [6, 6.07) is 20.4. The van der Waals surface area contributed by atoms with E-state index in [0.717, 1.165) is 6.07 Å². The van der Waals surface area contributed by atoms with Crippen LogP contribution in [-0.2, 0) is 29.3 Å². The molecule has 0 radical (unpaired) electrons. The van der Waals surface area contributed by atoms with E-state index >= 15 is 4.39 Å². The monoisotopic (exact) mass is 565 g/mol. The average molecular weight is 566 g/mol. The van der Waals surface area contributed by atoms with Crippen LogP contribution in [0.4, 0.5) is 4.39 Å². The minimum Gasteiger partial charge on any atom is -0.478 e. The highest BCUT2D eigenvalue weighted by molar-refractivity contribution is 5.97. The van der Waals surface area contributed by atoms with Crippen molar-refractivity contribution in [3.63, 3.8) is 0 Å². The van der Waals surface area contributed by atoms with Crippen LogP contribution in [0.3, 0.4) is 0 Å². The van der Waals surface area contributed by atoms with Gasteiger partial charge in [0.25, 0.3) is 5.91 Å². The number of aliphatic carboxylic acids is 1. The second-order valence-electron chi connectivity index (χ2n) is 9.47. The molecular formula is C30H28FNO9. The fourth-order valence-corrected chi connectivity index (χ4v) is 4.79. The molecule has 1 fully saturated rings. The number of carboxylic acid groups (broad SMARTS) is 1. The molecule has 4 rings (SSSR count). The van der Waals surface area contributed by atoms with E-state index in [2.05, 4.69) is 5.32 Å². The van der Waals surface area contributed by atoms with Crippen LogP contribution in [-0.4, -0.2) is 65.6 Å². The zero-order valence-electron chi connectivity index (χ0n) is 21.9. The minimum atomic E-state index is -2.29. The molecule has 0 saturated carbocycles. The molecule has 0 aliphatic carbocycles. The SMILES string of the molecule is C[C@H]1OC[C@@](NC(=O)[C@@H](OC(=O)c2ccccc2)[C@H](OC(=O)c2ccccc2)C(=O)O)(c2ccccc2F)[C@@H]1CO. The second kappa shape index (κ2) is 12.7. The summed E-state index contributed by atoms with van der Waals surface area (Å²) in [6.45, 7) is 0.812. The zero-order valence-corrected chi connectivity index (χ0v) is 21.9. The van der Waals surface area contributed by atoms with Gasteiger partial charge in [-0.2, -0.15) is 0 Å². The number of carbonyl (C=O) groups is 4. The summed E-state index contributed by atoms with van der Waals surface area (Å²) in [5.74, 6) is -6.72. The van der Waals surface area contributed by atoms with Crippen molar-refractivity contribution < 1.29 is 48.0 Å². The lowest BCUT2D eigenvalue weighted by Gasteiger charge is -2.37. The highest BCUT2D eigenvalue weighted by atomic mass is 19.1. The molecule has 11 heteroatoms. The number of carboxylic acids is 1. The molecule has 1 aliphatic rings. The highest BCUT2D eigenvalue weighted by Crippen LogP contribution is 2.40. The molecular weight excluding hydrogens is 537 g/mol. The summed E-state index contributed by atoms with van der Waals surface area (Å²) in [5, 5.41) is 22.8. The van der Waals surface area contributed by atoms with E-state index in [9.17, 15) is 29.4 Å². The van der Waals surface area contributed by atoms with Crippen LogP contribution in [0.5, 0.6) is 0 Å². The van der Waals surface area contributed by atoms with Crippen LogP contribution in [0.1, 0.15) is 33.2 Å². The number of carbonyl (C=O) groups excluding carboxylic acids is 3. The first-order chi connectivity index (χ1) is 19.7. The van der Waals surface area contributed by atoms with E-state index in [-0.39, 0.29) is 23.3 Å². The molecule has 214 valence electrons. The molecule has 3 aromatic carbocycles. The summed E-state index contributed by atoms with van der Waals surface area (Å²) < 4.78 is 31.4. The lowest BCUT2D eigenvalue weighted by Crippen LogP contribution is -2.59. The van der Waals surface area contributed by atoms with Gasteiger partial charge in [0.05, 0.1) is 36.0 Å². The fraction of sp³-hybridized carbons (Fsp3) is 0.267. The standard InChI is InChI=1S/C30H28FNO9/c1-18-22(16-33)30(17-39-18,21-14-8-9-15-23(21)31)32-26(34)24(40-28(37)19-10-4-2-5-11-19)25(27(35)36)41-29(38)20-12-6-3-7-13-20/h2-15,18,22,24-25,33H,16-17H2,1H3,(H,32,34)(H,35,36)/t18-,22-,24+,25+,30-/m1/s1. The van der Waals surface area contributed by atoms with Crippen molar-refractivity contribution in [1.82, 2.24) is 5.32 Å². The normalized spacial score (nSPS) is 21.3.